The number of hydrogen-bond donors (Lipinski definition) is 1. The van der Waals surface area contributed by atoms with Gasteiger partial charge in [0.25, 0.3) is 0 Å². The standard InChI is InChI=1S/C8H18BO2P/c1-2-7-12-9-6-4-3-5-8(10)11/h9,12H,2-7H2,1H3,(H,10,11)/i12T. The fourth-order valence-corrected chi connectivity index (χ4v) is 1.93. The van der Waals surface area contributed by atoms with Gasteiger partial charge in [-0.15, -0.1) is 0 Å². The van der Waals surface area contributed by atoms with Crippen molar-refractivity contribution in [1.29, 1.82) is 1.28 Å². The van der Waals surface area contributed by atoms with Crippen molar-refractivity contribution < 1.29 is 9.90 Å². The third-order valence-corrected chi connectivity index (χ3v) is 2.98. The predicted octanol–water partition coefficient (Wildman–Crippen LogP) is 2.10. The summed E-state index contributed by atoms with van der Waals surface area (Å²) in [5.41, 5.74) is 0. The molecule has 12 heavy (non-hydrogen) atoms. The molecule has 0 fully saturated rings. The smallest absolute Gasteiger partial charge is 0.303 e. The van der Waals surface area contributed by atoms with Gasteiger partial charge in [-0.25, -0.2) is 0 Å². The van der Waals surface area contributed by atoms with Crippen molar-refractivity contribution in [3.05, 3.63) is 0 Å². The fourth-order valence-electron chi connectivity index (χ4n) is 0.947. The highest BCUT2D eigenvalue weighted by molar-refractivity contribution is 7.70. The quantitative estimate of drug-likeness (QED) is 0.361. The molecular weight excluding hydrogens is 170 g/mol. The molecule has 0 amide bonds. The number of carbonyl (C=O) groups is 1. The zero-order chi connectivity index (χ0) is 10.1. The first-order valence-corrected chi connectivity index (χ1v) is 5.89. The van der Waals surface area contributed by atoms with E-state index in [-0.39, 0.29) is 6.42 Å². The Hall–Kier alpha value is -0.0351. The number of aliphatic carboxylic acids is 1. The van der Waals surface area contributed by atoms with Crippen molar-refractivity contribution in [2.45, 2.75) is 38.9 Å². The lowest BCUT2D eigenvalue weighted by atomic mass is 9.97. The number of rotatable bonds is 8. The van der Waals surface area contributed by atoms with Crippen LogP contribution in [0.1, 0.15) is 32.6 Å². The summed E-state index contributed by atoms with van der Waals surface area (Å²) in [6.07, 6.45) is 5.18. The van der Waals surface area contributed by atoms with E-state index in [0.29, 0.717) is 0 Å². The minimum absolute atomic E-state index is 0.281. The molecular formula is C8H18BO2P. The lowest BCUT2D eigenvalue weighted by molar-refractivity contribution is -0.137. The molecule has 1 atom stereocenters. The van der Waals surface area contributed by atoms with E-state index in [4.69, 9.17) is 6.39 Å². The van der Waals surface area contributed by atoms with Crippen LogP contribution in [0.25, 0.3) is 0 Å². The van der Waals surface area contributed by atoms with E-state index in [1.54, 1.807) is 0 Å². The average Bonchev–Trinajstić information content (AvgIpc) is 2.03. The SMILES string of the molecule is [3H]P(BCCCCC(=O)O)CCC. The molecule has 0 saturated heterocycles. The van der Waals surface area contributed by atoms with Gasteiger partial charge in [0, 0.05) is 7.70 Å². The molecule has 0 radical (unpaired) electrons. The van der Waals surface area contributed by atoms with Crippen LogP contribution in [0.4, 0.5) is 0 Å². The number of unbranched alkanes of at least 4 members (excludes halogenated alkanes) is 1. The van der Waals surface area contributed by atoms with E-state index >= 15 is 0 Å². The van der Waals surface area contributed by atoms with E-state index in [1.165, 1.54) is 0 Å². The van der Waals surface area contributed by atoms with Crippen molar-refractivity contribution in [1.82, 2.24) is 0 Å². The van der Waals surface area contributed by atoms with E-state index in [1.807, 2.05) is 0 Å². The second-order valence-corrected chi connectivity index (χ2v) is 4.22. The van der Waals surface area contributed by atoms with Gasteiger partial charge in [-0.3, -0.25) is 4.79 Å². The lowest BCUT2D eigenvalue weighted by Gasteiger charge is -1.97. The lowest BCUT2D eigenvalue weighted by Crippen LogP contribution is -1.94. The van der Waals surface area contributed by atoms with Crippen molar-refractivity contribution in [3.8, 4) is 0 Å². The van der Waals surface area contributed by atoms with Gasteiger partial charge in [-0.1, -0.05) is 26.1 Å². The Labute approximate surface area is 78.4 Å². The van der Waals surface area contributed by atoms with Crippen LogP contribution in [0, 0.1) is 0 Å². The van der Waals surface area contributed by atoms with E-state index < -0.39 is 14.4 Å². The Morgan fingerprint density at radius 2 is 2.42 bits per heavy atom. The van der Waals surface area contributed by atoms with Crippen molar-refractivity contribution >= 4 is 21.4 Å². The van der Waals surface area contributed by atoms with Gasteiger partial charge in [0.1, 0.15) is 7.00 Å². The van der Waals surface area contributed by atoms with Crippen LogP contribution in [0.5, 0.6) is 0 Å². The number of carboxylic acids is 1. The maximum Gasteiger partial charge on any atom is 0.303 e. The first-order valence-electron chi connectivity index (χ1n) is 5.07. The molecule has 0 aliphatic heterocycles. The molecule has 0 spiro atoms. The molecule has 1 unspecified atom stereocenters. The topological polar surface area (TPSA) is 37.3 Å². The van der Waals surface area contributed by atoms with Gasteiger partial charge < -0.3 is 5.11 Å². The van der Waals surface area contributed by atoms with Crippen LogP contribution >= 0.6 is 8.40 Å². The molecule has 4 heteroatoms. The van der Waals surface area contributed by atoms with Crippen LogP contribution in [0.2, 0.25) is 6.32 Å². The first kappa shape index (κ1) is 10.0. The molecule has 2 nitrogen and oxygen atoms in total. The summed E-state index contributed by atoms with van der Waals surface area (Å²) in [6.45, 7) is 3.09. The van der Waals surface area contributed by atoms with Crippen LogP contribution in [-0.4, -0.2) is 25.5 Å². The molecule has 0 aromatic carbocycles. The van der Waals surface area contributed by atoms with Gasteiger partial charge in [-0.05, 0) is 12.6 Å². The van der Waals surface area contributed by atoms with E-state index in [0.717, 1.165) is 38.7 Å². The third kappa shape index (κ3) is 9.96. The van der Waals surface area contributed by atoms with E-state index in [2.05, 4.69) is 6.92 Å². The second kappa shape index (κ2) is 9.06. The Bertz CT molecular complexity index is 146. The summed E-state index contributed by atoms with van der Waals surface area (Å²) in [6, 6.07) is 0. The molecule has 1 N–H and O–H groups in total. The fraction of sp³-hybridized carbons (Fsp3) is 0.875. The minimum Gasteiger partial charge on any atom is -0.481 e. The molecule has 0 rings (SSSR count). The maximum atomic E-state index is 10.2. The zero-order valence-corrected chi connectivity index (χ0v) is 8.65. The van der Waals surface area contributed by atoms with Crippen molar-refractivity contribution in [2.24, 2.45) is 0 Å². The summed E-state index contributed by atoms with van der Waals surface area (Å²) >= 11 is 0. The maximum absolute atomic E-state index is 10.2. The van der Waals surface area contributed by atoms with Gasteiger partial charge in [0.15, 0.2) is 0 Å². The van der Waals surface area contributed by atoms with Gasteiger partial charge in [0.05, 0.1) is 0 Å². The summed E-state index contributed by atoms with van der Waals surface area (Å²) in [4.78, 5) is 10.2. The normalized spacial score (nSPS) is 13.6. The second-order valence-electron chi connectivity index (χ2n) is 2.88. The molecule has 0 aromatic heterocycles. The Balaban J connectivity index is 3.11. The largest absolute Gasteiger partial charge is 0.481 e. The predicted molar refractivity (Wildman–Crippen MR) is 56.9 cm³/mol. The molecule has 0 aliphatic carbocycles. The summed E-state index contributed by atoms with van der Waals surface area (Å²) in [7, 11) is -0.510. The first-order chi connectivity index (χ1) is 6.16. The van der Waals surface area contributed by atoms with Crippen molar-refractivity contribution in [2.75, 3.05) is 6.16 Å². The Morgan fingerprint density at radius 1 is 1.67 bits per heavy atom. The molecule has 0 aromatic rings. The minimum atomic E-state index is -0.707. The van der Waals surface area contributed by atoms with Crippen molar-refractivity contribution in [3.63, 3.8) is 0 Å². The highest BCUT2D eigenvalue weighted by atomic mass is 31.1. The highest BCUT2D eigenvalue weighted by Crippen LogP contribution is 2.12. The van der Waals surface area contributed by atoms with Gasteiger partial charge in [0.2, 0.25) is 0 Å². The molecule has 70 valence electrons. The third-order valence-electron chi connectivity index (χ3n) is 1.59. The molecule has 0 heterocycles. The highest BCUT2D eigenvalue weighted by Gasteiger charge is 1.96. The number of carboxylic acid groups (broad SMARTS) is 1. The van der Waals surface area contributed by atoms with Gasteiger partial charge >= 0.3 is 5.97 Å². The average molecular weight is 190 g/mol. The van der Waals surface area contributed by atoms with E-state index in [9.17, 15) is 4.79 Å². The Kier molecular flexibility index (Phi) is 7.58. The van der Waals surface area contributed by atoms with Crippen LogP contribution in [-0.2, 0) is 4.79 Å². The molecule has 0 aliphatic rings. The molecule has 0 saturated carbocycles. The zero-order valence-electron chi connectivity index (χ0n) is 8.75. The van der Waals surface area contributed by atoms with Crippen LogP contribution < -0.4 is 0 Å². The summed E-state index contributed by atoms with van der Waals surface area (Å²) in [5.74, 6) is -0.707. The summed E-state index contributed by atoms with van der Waals surface area (Å²) in [5, 5.41) is 8.37. The molecule has 0 bridgehead atoms. The van der Waals surface area contributed by atoms with Crippen LogP contribution in [0.15, 0.2) is 0 Å². The monoisotopic (exact) mass is 190 g/mol. The van der Waals surface area contributed by atoms with Crippen LogP contribution in [0.3, 0.4) is 0 Å². The Morgan fingerprint density at radius 3 is 3.00 bits per heavy atom. The summed E-state index contributed by atoms with van der Waals surface area (Å²) < 4.78 is 7.64. The van der Waals surface area contributed by atoms with Gasteiger partial charge in [-0.2, -0.15) is 8.40 Å². The number of hydrogen-bond acceptors (Lipinski definition) is 1.